The Bertz CT molecular complexity index is 1360. The molecule has 4 aromatic rings. The first-order valence-electron chi connectivity index (χ1n) is 11.6. The molecule has 11 nitrogen and oxygen atoms in total. The number of hydrogen-bond donors (Lipinski definition) is 5. The molecule has 1 aliphatic rings. The minimum absolute atomic E-state index is 0.268. The summed E-state index contributed by atoms with van der Waals surface area (Å²) in [5.74, 6) is -2.81. The number of aromatic nitrogens is 1. The number of benzene rings is 1. The molecule has 3 aromatic heterocycles. The minimum Gasteiger partial charge on any atom is -0.491 e. The molecule has 0 saturated carbocycles. The molecule has 2 unspecified atom stereocenters. The Morgan fingerprint density at radius 2 is 1.79 bits per heavy atom. The third-order valence-electron chi connectivity index (χ3n) is 5.79. The van der Waals surface area contributed by atoms with Crippen LogP contribution in [0.1, 0.15) is 10.4 Å². The van der Waals surface area contributed by atoms with Crippen molar-refractivity contribution in [3.8, 4) is 17.0 Å². The number of ether oxygens (including phenoxy) is 1. The van der Waals surface area contributed by atoms with Gasteiger partial charge in [-0.15, -0.1) is 22.7 Å². The number of carbonyl (C=O) groups is 2. The molecule has 0 bridgehead atoms. The fraction of sp³-hybridized carbons (Fsp3) is 0.320. The molecule has 0 amide bonds. The van der Waals surface area contributed by atoms with Crippen LogP contribution in [0.3, 0.4) is 0 Å². The van der Waals surface area contributed by atoms with E-state index in [-0.39, 0.29) is 6.61 Å². The topological polar surface area (TPSA) is 174 Å². The lowest BCUT2D eigenvalue weighted by Gasteiger charge is -2.28. The second kappa shape index (κ2) is 12.5. The first kappa shape index (κ1) is 27.7. The number of nitrogens with zero attached hydrogens (tertiary/aromatic N) is 2. The average Bonchev–Trinajstić information content (AvgIpc) is 3.64. The summed E-state index contributed by atoms with van der Waals surface area (Å²) in [5.41, 5.74) is 3.98. The van der Waals surface area contributed by atoms with Crippen molar-refractivity contribution in [1.82, 2.24) is 10.1 Å². The molecule has 202 valence electrons. The summed E-state index contributed by atoms with van der Waals surface area (Å²) in [5, 5.41) is 51.3. The Morgan fingerprint density at radius 3 is 2.53 bits per heavy atom. The Balaban J connectivity index is 0.000000289. The van der Waals surface area contributed by atoms with Gasteiger partial charge < -0.3 is 34.8 Å². The zero-order valence-electron chi connectivity index (χ0n) is 20.0. The van der Waals surface area contributed by atoms with Gasteiger partial charge >= 0.3 is 11.9 Å². The summed E-state index contributed by atoms with van der Waals surface area (Å²) in [6.45, 7) is 2.79. The molecule has 13 heteroatoms. The van der Waals surface area contributed by atoms with Gasteiger partial charge in [0, 0.05) is 30.1 Å². The minimum atomic E-state index is -2.27. The smallest absolute Gasteiger partial charge is 0.335 e. The Labute approximate surface area is 224 Å². The third-order valence-corrected chi connectivity index (χ3v) is 7.72. The largest absolute Gasteiger partial charge is 0.491 e. The van der Waals surface area contributed by atoms with E-state index in [1.165, 1.54) is 10.4 Å². The van der Waals surface area contributed by atoms with Gasteiger partial charge in [0.1, 0.15) is 28.9 Å². The van der Waals surface area contributed by atoms with Gasteiger partial charge in [0.15, 0.2) is 17.8 Å². The van der Waals surface area contributed by atoms with Gasteiger partial charge in [0.05, 0.1) is 0 Å². The van der Waals surface area contributed by atoms with Crippen LogP contribution in [0, 0.1) is 0 Å². The van der Waals surface area contributed by atoms with E-state index >= 15 is 0 Å². The summed E-state index contributed by atoms with van der Waals surface area (Å²) in [6, 6.07) is 11.9. The zero-order chi connectivity index (χ0) is 27.2. The second-order valence-electron chi connectivity index (χ2n) is 8.56. The molecular formula is C25H26N2O9S2. The van der Waals surface area contributed by atoms with Crippen LogP contribution >= 0.6 is 22.7 Å². The van der Waals surface area contributed by atoms with Crippen molar-refractivity contribution in [3.63, 3.8) is 0 Å². The van der Waals surface area contributed by atoms with Gasteiger partial charge in [-0.3, -0.25) is 4.90 Å². The number of carboxylic acids is 2. The van der Waals surface area contributed by atoms with E-state index in [2.05, 4.69) is 21.5 Å². The van der Waals surface area contributed by atoms with Crippen molar-refractivity contribution >= 4 is 44.9 Å². The van der Waals surface area contributed by atoms with Gasteiger partial charge in [-0.2, -0.15) is 0 Å². The molecule has 5 N–H and O–H groups in total. The molecule has 3 atom stereocenters. The van der Waals surface area contributed by atoms with Crippen molar-refractivity contribution in [2.24, 2.45) is 0 Å². The summed E-state index contributed by atoms with van der Waals surface area (Å²) < 4.78 is 12.3. The summed E-state index contributed by atoms with van der Waals surface area (Å²) >= 11 is 3.44. The summed E-state index contributed by atoms with van der Waals surface area (Å²) in [6.07, 6.45) is -3.99. The van der Waals surface area contributed by atoms with Gasteiger partial charge in [-0.1, -0.05) is 17.3 Å². The number of hydrogen-bond acceptors (Lipinski definition) is 11. The van der Waals surface area contributed by atoms with E-state index in [4.69, 9.17) is 29.7 Å². The molecular weight excluding hydrogens is 536 g/mol. The van der Waals surface area contributed by atoms with E-state index < -0.39 is 30.3 Å². The van der Waals surface area contributed by atoms with Crippen LogP contribution in [0.4, 0.5) is 0 Å². The molecule has 0 radical (unpaired) electrons. The van der Waals surface area contributed by atoms with E-state index in [1.807, 2.05) is 47.0 Å². The van der Waals surface area contributed by atoms with E-state index in [0.717, 1.165) is 46.8 Å². The number of β-amino-alcohol motifs (C(OH)–C–C–N with tert-alkyl or cyclic N) is 1. The van der Waals surface area contributed by atoms with Gasteiger partial charge in [0.25, 0.3) is 0 Å². The summed E-state index contributed by atoms with van der Waals surface area (Å²) in [4.78, 5) is 23.3. The van der Waals surface area contributed by atoms with Crippen LogP contribution in [0.2, 0.25) is 0 Å². The maximum Gasteiger partial charge on any atom is 0.335 e. The predicted molar refractivity (Wildman–Crippen MR) is 139 cm³/mol. The van der Waals surface area contributed by atoms with Gasteiger partial charge in [-0.25, -0.2) is 9.59 Å². The van der Waals surface area contributed by atoms with Crippen molar-refractivity contribution < 1.29 is 44.4 Å². The quantitative estimate of drug-likeness (QED) is 0.202. The van der Waals surface area contributed by atoms with E-state index in [0.29, 0.717) is 6.54 Å². The van der Waals surface area contributed by atoms with Crippen LogP contribution in [-0.4, -0.2) is 85.5 Å². The van der Waals surface area contributed by atoms with Gasteiger partial charge in [0.2, 0.25) is 0 Å². The number of thiophene rings is 2. The highest BCUT2D eigenvalue weighted by Crippen LogP contribution is 2.33. The van der Waals surface area contributed by atoms with Crippen LogP contribution in [0.5, 0.6) is 5.75 Å². The fourth-order valence-corrected chi connectivity index (χ4v) is 5.58. The molecule has 0 saturated heterocycles. The van der Waals surface area contributed by atoms with Crippen molar-refractivity contribution in [1.29, 1.82) is 0 Å². The average molecular weight is 563 g/mol. The summed E-state index contributed by atoms with van der Waals surface area (Å²) in [7, 11) is 0. The van der Waals surface area contributed by atoms with Crippen LogP contribution in [0.25, 0.3) is 21.5 Å². The highest BCUT2D eigenvalue weighted by Gasteiger charge is 2.29. The Kier molecular flexibility index (Phi) is 9.09. The van der Waals surface area contributed by atoms with E-state index in [1.54, 1.807) is 11.3 Å². The number of carboxylic acid groups (broad SMARTS) is 2. The maximum absolute atomic E-state index is 10.4. The third kappa shape index (κ3) is 6.75. The standard InChI is InChI=1S/C21H20N2O3S2.C4H6O6/c24-16(12-23-7-4-19-15(11-23)5-8-27-19)13-25-17-3-1-2-14(10-17)20-21-18(26-22-20)6-9-28-21;5-1(3(7)8)2(6)4(9)10/h1-3,5-6,8-10,16,24H,4,7,11-13H2;1-2,5-6H,(H,7,8)(H,9,10)/t16-;/m1./s1. The number of aliphatic hydroxyl groups excluding tert-OH is 3. The lowest BCUT2D eigenvalue weighted by Crippen LogP contribution is -2.39. The monoisotopic (exact) mass is 562 g/mol. The van der Waals surface area contributed by atoms with E-state index in [9.17, 15) is 14.7 Å². The predicted octanol–water partition coefficient (Wildman–Crippen LogP) is 2.29. The molecule has 0 spiro atoms. The first-order chi connectivity index (χ1) is 18.2. The molecule has 38 heavy (non-hydrogen) atoms. The molecule has 5 rings (SSSR count). The number of rotatable bonds is 9. The van der Waals surface area contributed by atoms with Crippen molar-refractivity contribution in [2.45, 2.75) is 31.3 Å². The highest BCUT2D eigenvalue weighted by molar-refractivity contribution is 7.17. The van der Waals surface area contributed by atoms with Crippen molar-refractivity contribution in [2.75, 3.05) is 19.7 Å². The Morgan fingerprint density at radius 1 is 1.05 bits per heavy atom. The fourth-order valence-electron chi connectivity index (χ4n) is 3.87. The molecule has 0 fully saturated rings. The second-order valence-corrected chi connectivity index (χ2v) is 10.5. The normalized spacial score (nSPS) is 15.7. The first-order valence-corrected chi connectivity index (χ1v) is 13.3. The van der Waals surface area contributed by atoms with Crippen LogP contribution in [-0.2, 0) is 22.6 Å². The van der Waals surface area contributed by atoms with Crippen LogP contribution < -0.4 is 4.74 Å². The zero-order valence-corrected chi connectivity index (χ0v) is 21.6. The molecule has 4 heterocycles. The Hall–Kier alpha value is -3.33. The number of aliphatic hydroxyl groups is 3. The maximum atomic E-state index is 10.4. The van der Waals surface area contributed by atoms with Crippen LogP contribution in [0.15, 0.2) is 51.7 Å². The number of aliphatic carboxylic acids is 2. The molecule has 1 aliphatic heterocycles. The van der Waals surface area contributed by atoms with Gasteiger partial charge in [-0.05, 0) is 47.0 Å². The highest BCUT2D eigenvalue weighted by atomic mass is 32.1. The SMILES string of the molecule is O=C(O)C(O)C(O)C(=O)O.O[C@@H](COc1cccc(-c2noc3ccsc23)c1)CN1CCc2sccc2C1. The van der Waals surface area contributed by atoms with Crippen molar-refractivity contribution in [3.05, 3.63) is 57.6 Å². The lowest BCUT2D eigenvalue weighted by atomic mass is 10.1. The molecule has 0 aliphatic carbocycles. The molecule has 1 aromatic carbocycles. The number of fused-ring (bicyclic) bond motifs is 2. The lowest BCUT2D eigenvalue weighted by molar-refractivity contribution is -0.165.